The molecule has 0 saturated heterocycles. The average Bonchev–Trinajstić information content (AvgIpc) is 3.24. The standard InChI is InChI=1S/C16H18N2O6S/c1-12(19)18(10-13-3-2-8-22-13)7-6-17-25(20,21)14-4-5-15-16(9-14)24-11-23-15/h2-5,8-9,17H,6-7,10-11H2,1H3. The molecular weight excluding hydrogens is 348 g/mol. The van der Waals surface area contributed by atoms with Crippen LogP contribution in [0, 0.1) is 0 Å². The van der Waals surface area contributed by atoms with Gasteiger partial charge in [-0.15, -0.1) is 0 Å². The fraction of sp³-hybridized carbons (Fsp3) is 0.312. The van der Waals surface area contributed by atoms with Gasteiger partial charge < -0.3 is 18.8 Å². The van der Waals surface area contributed by atoms with Crippen LogP contribution in [0.15, 0.2) is 45.9 Å². The van der Waals surface area contributed by atoms with Crippen molar-refractivity contribution in [3.63, 3.8) is 0 Å². The van der Waals surface area contributed by atoms with E-state index in [9.17, 15) is 13.2 Å². The van der Waals surface area contributed by atoms with Gasteiger partial charge in [0.1, 0.15) is 5.76 Å². The van der Waals surface area contributed by atoms with Crippen molar-refractivity contribution in [2.24, 2.45) is 0 Å². The molecule has 134 valence electrons. The molecule has 8 nitrogen and oxygen atoms in total. The van der Waals surface area contributed by atoms with Gasteiger partial charge in [0.05, 0.1) is 17.7 Å². The Labute approximate surface area is 145 Å². The lowest BCUT2D eigenvalue weighted by Crippen LogP contribution is -2.37. The van der Waals surface area contributed by atoms with Crippen LogP contribution in [0.2, 0.25) is 0 Å². The summed E-state index contributed by atoms with van der Waals surface area (Å²) in [6.45, 7) is 2.09. The van der Waals surface area contributed by atoms with Gasteiger partial charge in [-0.3, -0.25) is 4.79 Å². The lowest BCUT2D eigenvalue weighted by molar-refractivity contribution is -0.129. The molecule has 1 amide bonds. The number of amides is 1. The highest BCUT2D eigenvalue weighted by molar-refractivity contribution is 7.89. The van der Waals surface area contributed by atoms with Gasteiger partial charge in [0.25, 0.3) is 0 Å². The van der Waals surface area contributed by atoms with Crippen molar-refractivity contribution in [1.82, 2.24) is 9.62 Å². The van der Waals surface area contributed by atoms with Crippen LogP contribution >= 0.6 is 0 Å². The van der Waals surface area contributed by atoms with Crippen LogP contribution in [-0.4, -0.2) is 39.1 Å². The van der Waals surface area contributed by atoms with Gasteiger partial charge in [0.2, 0.25) is 22.7 Å². The minimum atomic E-state index is -3.71. The quantitative estimate of drug-likeness (QED) is 0.794. The van der Waals surface area contributed by atoms with Crippen molar-refractivity contribution in [2.45, 2.75) is 18.4 Å². The Morgan fingerprint density at radius 3 is 2.76 bits per heavy atom. The number of sulfonamides is 1. The lowest BCUT2D eigenvalue weighted by atomic mass is 10.3. The Balaban J connectivity index is 1.60. The summed E-state index contributed by atoms with van der Waals surface area (Å²) in [5, 5.41) is 0. The van der Waals surface area contributed by atoms with Crippen molar-refractivity contribution in [3.8, 4) is 11.5 Å². The molecule has 0 aliphatic carbocycles. The molecule has 0 atom stereocenters. The van der Waals surface area contributed by atoms with E-state index in [-0.39, 0.29) is 37.2 Å². The zero-order valence-electron chi connectivity index (χ0n) is 13.6. The first-order valence-corrected chi connectivity index (χ1v) is 9.11. The van der Waals surface area contributed by atoms with E-state index in [2.05, 4.69) is 4.72 Å². The van der Waals surface area contributed by atoms with Crippen LogP contribution in [-0.2, 0) is 21.4 Å². The van der Waals surface area contributed by atoms with E-state index >= 15 is 0 Å². The Morgan fingerprint density at radius 2 is 2.04 bits per heavy atom. The summed E-state index contributed by atoms with van der Waals surface area (Å²) >= 11 is 0. The van der Waals surface area contributed by atoms with Gasteiger partial charge in [0, 0.05) is 26.1 Å². The molecule has 3 rings (SSSR count). The fourth-order valence-corrected chi connectivity index (χ4v) is 3.42. The summed E-state index contributed by atoms with van der Waals surface area (Å²) in [6, 6.07) is 7.90. The van der Waals surface area contributed by atoms with Crippen LogP contribution in [0.3, 0.4) is 0 Å². The molecule has 1 N–H and O–H groups in total. The molecule has 0 unspecified atom stereocenters. The first-order chi connectivity index (χ1) is 12.0. The molecule has 0 fully saturated rings. The van der Waals surface area contributed by atoms with E-state index in [1.165, 1.54) is 30.2 Å². The molecule has 9 heteroatoms. The van der Waals surface area contributed by atoms with Crippen LogP contribution in [0.5, 0.6) is 11.5 Å². The summed E-state index contributed by atoms with van der Waals surface area (Å²) in [4.78, 5) is 13.3. The highest BCUT2D eigenvalue weighted by atomic mass is 32.2. The molecule has 1 aliphatic rings. The molecule has 0 radical (unpaired) electrons. The minimum Gasteiger partial charge on any atom is -0.467 e. The number of nitrogens with one attached hydrogen (secondary N) is 1. The zero-order valence-corrected chi connectivity index (χ0v) is 14.4. The van der Waals surface area contributed by atoms with Gasteiger partial charge >= 0.3 is 0 Å². The second-order valence-electron chi connectivity index (χ2n) is 5.43. The molecule has 0 saturated carbocycles. The van der Waals surface area contributed by atoms with E-state index < -0.39 is 10.0 Å². The summed E-state index contributed by atoms with van der Waals surface area (Å²) in [7, 11) is -3.71. The van der Waals surface area contributed by atoms with Gasteiger partial charge in [0.15, 0.2) is 11.5 Å². The number of hydrogen-bond acceptors (Lipinski definition) is 6. The maximum Gasteiger partial charge on any atom is 0.240 e. The largest absolute Gasteiger partial charge is 0.467 e. The van der Waals surface area contributed by atoms with Gasteiger partial charge in [-0.05, 0) is 24.3 Å². The van der Waals surface area contributed by atoms with Crippen LogP contribution < -0.4 is 14.2 Å². The number of ether oxygens (including phenoxy) is 2. The molecule has 0 bridgehead atoms. The SMILES string of the molecule is CC(=O)N(CCNS(=O)(=O)c1ccc2c(c1)OCO2)Cc1ccco1. The number of fused-ring (bicyclic) bond motifs is 1. The van der Waals surface area contributed by atoms with E-state index in [1.54, 1.807) is 18.2 Å². The van der Waals surface area contributed by atoms with Crippen molar-refractivity contribution in [3.05, 3.63) is 42.4 Å². The Hall–Kier alpha value is -2.52. The van der Waals surface area contributed by atoms with Crippen molar-refractivity contribution >= 4 is 15.9 Å². The second kappa shape index (κ2) is 7.16. The highest BCUT2D eigenvalue weighted by Gasteiger charge is 2.20. The molecule has 2 heterocycles. The average molecular weight is 366 g/mol. The Morgan fingerprint density at radius 1 is 1.24 bits per heavy atom. The Bertz CT molecular complexity index is 848. The molecular formula is C16H18N2O6S. The van der Waals surface area contributed by atoms with Crippen LogP contribution in [0.1, 0.15) is 12.7 Å². The number of benzene rings is 1. The molecule has 2 aromatic rings. The number of nitrogens with zero attached hydrogens (tertiary/aromatic N) is 1. The third kappa shape index (κ3) is 4.12. The lowest BCUT2D eigenvalue weighted by Gasteiger charge is -2.20. The number of furan rings is 1. The summed E-state index contributed by atoms with van der Waals surface area (Å²) in [5.41, 5.74) is 0. The van der Waals surface area contributed by atoms with Crippen LogP contribution in [0.25, 0.3) is 0 Å². The molecule has 1 aromatic heterocycles. The fourth-order valence-electron chi connectivity index (χ4n) is 2.38. The number of carbonyl (C=O) groups is 1. The monoisotopic (exact) mass is 366 g/mol. The second-order valence-corrected chi connectivity index (χ2v) is 7.20. The van der Waals surface area contributed by atoms with Gasteiger partial charge in [-0.25, -0.2) is 13.1 Å². The molecule has 1 aromatic carbocycles. The molecule has 25 heavy (non-hydrogen) atoms. The van der Waals surface area contributed by atoms with E-state index in [4.69, 9.17) is 13.9 Å². The topological polar surface area (TPSA) is 98.1 Å². The smallest absolute Gasteiger partial charge is 0.240 e. The molecule has 0 spiro atoms. The first-order valence-electron chi connectivity index (χ1n) is 7.63. The zero-order chi connectivity index (χ0) is 17.9. The molecule has 1 aliphatic heterocycles. The third-order valence-electron chi connectivity index (χ3n) is 3.70. The summed E-state index contributed by atoms with van der Waals surface area (Å²) < 4.78 is 42.8. The van der Waals surface area contributed by atoms with Crippen molar-refractivity contribution in [2.75, 3.05) is 19.9 Å². The van der Waals surface area contributed by atoms with E-state index in [0.29, 0.717) is 17.3 Å². The normalized spacial score (nSPS) is 13.0. The predicted molar refractivity (Wildman–Crippen MR) is 87.6 cm³/mol. The minimum absolute atomic E-state index is 0.0760. The first kappa shape index (κ1) is 17.3. The third-order valence-corrected chi connectivity index (χ3v) is 5.16. The van der Waals surface area contributed by atoms with Crippen LogP contribution in [0.4, 0.5) is 0 Å². The Kier molecular flexibility index (Phi) is 4.95. The number of carbonyl (C=O) groups excluding carboxylic acids is 1. The summed E-state index contributed by atoms with van der Waals surface area (Å²) in [6.07, 6.45) is 1.52. The maximum atomic E-state index is 12.4. The van der Waals surface area contributed by atoms with Gasteiger partial charge in [-0.1, -0.05) is 0 Å². The van der Waals surface area contributed by atoms with E-state index in [1.807, 2.05) is 0 Å². The van der Waals surface area contributed by atoms with Crippen molar-refractivity contribution < 1.29 is 27.1 Å². The van der Waals surface area contributed by atoms with E-state index in [0.717, 1.165) is 0 Å². The predicted octanol–water partition coefficient (Wildman–Crippen LogP) is 1.34. The van der Waals surface area contributed by atoms with Gasteiger partial charge in [-0.2, -0.15) is 0 Å². The highest BCUT2D eigenvalue weighted by Crippen LogP contribution is 2.33. The van der Waals surface area contributed by atoms with Crippen molar-refractivity contribution in [1.29, 1.82) is 0 Å². The maximum absolute atomic E-state index is 12.4. The number of hydrogen-bond donors (Lipinski definition) is 1. The summed E-state index contributed by atoms with van der Waals surface area (Å²) in [5.74, 6) is 1.37. The number of rotatable bonds is 7.